The molecular formula is C44H31N3O2. The highest BCUT2D eigenvalue weighted by Crippen LogP contribution is 2.48. The zero-order valence-electron chi connectivity index (χ0n) is 26.9. The fourth-order valence-electron chi connectivity index (χ4n) is 6.91. The lowest BCUT2D eigenvalue weighted by atomic mass is 9.82. The lowest BCUT2D eigenvalue weighted by molar-refractivity contribution is 0.513. The predicted octanol–water partition coefficient (Wildman–Crippen LogP) is 11.4. The van der Waals surface area contributed by atoms with Gasteiger partial charge in [0.15, 0.2) is 17.5 Å². The Labute approximate surface area is 283 Å². The molecule has 9 rings (SSSR count). The molecule has 0 spiro atoms. The second-order valence-corrected chi connectivity index (χ2v) is 12.2. The molecule has 0 radical (unpaired) electrons. The Morgan fingerprint density at radius 1 is 0.592 bits per heavy atom. The molecule has 0 bridgehead atoms. The number of rotatable bonds is 6. The number of allylic oxidation sites excluding steroid dienone is 4. The van der Waals surface area contributed by atoms with E-state index in [2.05, 4.69) is 78.9 Å². The number of hydrogen-bond donors (Lipinski definition) is 0. The maximum Gasteiger partial charge on any atom is 0.164 e. The molecule has 3 heterocycles. The highest BCUT2D eigenvalue weighted by atomic mass is 16.3. The van der Waals surface area contributed by atoms with E-state index in [1.807, 2.05) is 79.7 Å². The first-order chi connectivity index (χ1) is 24.2. The number of aromatic nitrogens is 3. The summed E-state index contributed by atoms with van der Waals surface area (Å²) in [5, 5.41) is 3.26. The van der Waals surface area contributed by atoms with Gasteiger partial charge in [0.05, 0.1) is 0 Å². The standard InChI is InChI=1S/C44H31N3O2/c1-2-3-5-13-28-22-24-30(25-23-28)43-45-42(29-14-6-4-7-15-29)46-44(47-43)36-27-26-34(41-39(36)35-17-9-11-21-38(35)49-41)33-19-12-18-32-31-16-8-10-20-37(31)48-40(32)33/h2-25,27,34H,26H2,1H3/b3-2-,13-5-. The van der Waals surface area contributed by atoms with Crippen molar-refractivity contribution in [3.8, 4) is 22.8 Å². The number of para-hydroxylation sites is 3. The van der Waals surface area contributed by atoms with Gasteiger partial charge >= 0.3 is 0 Å². The van der Waals surface area contributed by atoms with Crippen molar-refractivity contribution in [2.24, 2.45) is 0 Å². The minimum Gasteiger partial charge on any atom is -0.460 e. The average Bonchev–Trinajstić information content (AvgIpc) is 3.74. The van der Waals surface area contributed by atoms with Crippen LogP contribution < -0.4 is 0 Å². The van der Waals surface area contributed by atoms with Crippen molar-refractivity contribution in [1.29, 1.82) is 0 Å². The molecule has 3 aromatic heterocycles. The van der Waals surface area contributed by atoms with Gasteiger partial charge in [-0.2, -0.15) is 0 Å². The van der Waals surface area contributed by atoms with Crippen LogP contribution in [-0.4, -0.2) is 15.0 Å². The van der Waals surface area contributed by atoms with Gasteiger partial charge in [0, 0.05) is 49.9 Å². The maximum atomic E-state index is 6.75. The van der Waals surface area contributed by atoms with Gasteiger partial charge in [-0.15, -0.1) is 0 Å². The number of furan rings is 2. The molecule has 1 aliphatic carbocycles. The molecule has 1 aliphatic rings. The third kappa shape index (κ3) is 5.08. The molecule has 5 aromatic carbocycles. The SMILES string of the molecule is C/C=C\C=C/c1ccc(-c2nc(C3=CCC(c4cccc5c4oc4ccccc45)c4oc5ccccc5c43)nc(-c3ccccc3)n2)cc1. The Balaban J connectivity index is 1.21. The molecule has 0 saturated heterocycles. The summed E-state index contributed by atoms with van der Waals surface area (Å²) in [6.07, 6.45) is 11.1. The molecule has 49 heavy (non-hydrogen) atoms. The Hall–Kier alpha value is -6.33. The van der Waals surface area contributed by atoms with Gasteiger partial charge in [0.1, 0.15) is 22.5 Å². The minimum absolute atomic E-state index is 0.0477. The van der Waals surface area contributed by atoms with Crippen LogP contribution in [-0.2, 0) is 0 Å². The van der Waals surface area contributed by atoms with Crippen LogP contribution in [0.2, 0.25) is 0 Å². The van der Waals surface area contributed by atoms with Gasteiger partial charge in [0.25, 0.3) is 0 Å². The molecule has 5 nitrogen and oxygen atoms in total. The van der Waals surface area contributed by atoms with Gasteiger partial charge in [-0.1, -0.05) is 140 Å². The first-order valence-electron chi connectivity index (χ1n) is 16.6. The first-order valence-corrected chi connectivity index (χ1v) is 16.6. The zero-order chi connectivity index (χ0) is 32.7. The normalized spacial score (nSPS) is 14.7. The monoisotopic (exact) mass is 633 g/mol. The van der Waals surface area contributed by atoms with Crippen molar-refractivity contribution in [3.05, 3.63) is 174 Å². The topological polar surface area (TPSA) is 65.0 Å². The number of benzene rings is 5. The van der Waals surface area contributed by atoms with Crippen LogP contribution in [0.1, 0.15) is 47.5 Å². The fraction of sp³-hybridized carbons (Fsp3) is 0.0682. The van der Waals surface area contributed by atoms with Gasteiger partial charge in [0.2, 0.25) is 0 Å². The zero-order valence-corrected chi connectivity index (χ0v) is 26.9. The van der Waals surface area contributed by atoms with E-state index in [0.717, 1.165) is 72.1 Å². The highest BCUT2D eigenvalue weighted by Gasteiger charge is 2.33. The smallest absolute Gasteiger partial charge is 0.164 e. The van der Waals surface area contributed by atoms with E-state index in [1.165, 1.54) is 0 Å². The van der Waals surface area contributed by atoms with Crippen molar-refractivity contribution < 1.29 is 8.83 Å². The minimum atomic E-state index is -0.0477. The molecule has 0 saturated carbocycles. The van der Waals surface area contributed by atoms with Gasteiger partial charge in [-0.25, -0.2) is 15.0 Å². The molecule has 0 amide bonds. The summed E-state index contributed by atoms with van der Waals surface area (Å²) in [5.41, 5.74) is 8.64. The summed E-state index contributed by atoms with van der Waals surface area (Å²) in [5.74, 6) is 2.72. The maximum absolute atomic E-state index is 6.75. The molecule has 8 aromatic rings. The van der Waals surface area contributed by atoms with E-state index in [9.17, 15) is 0 Å². The number of hydrogen-bond acceptors (Lipinski definition) is 5. The Morgan fingerprint density at radius 2 is 1.24 bits per heavy atom. The summed E-state index contributed by atoms with van der Waals surface area (Å²) < 4.78 is 13.3. The van der Waals surface area contributed by atoms with Crippen LogP contribution in [0, 0.1) is 0 Å². The lowest BCUT2D eigenvalue weighted by Crippen LogP contribution is -2.10. The van der Waals surface area contributed by atoms with E-state index < -0.39 is 0 Å². The lowest BCUT2D eigenvalue weighted by Gasteiger charge is -2.22. The summed E-state index contributed by atoms with van der Waals surface area (Å²) >= 11 is 0. The van der Waals surface area contributed by atoms with Crippen molar-refractivity contribution in [2.45, 2.75) is 19.3 Å². The molecule has 0 fully saturated rings. The number of fused-ring (bicyclic) bond motifs is 6. The molecule has 234 valence electrons. The van der Waals surface area contributed by atoms with E-state index in [0.29, 0.717) is 23.9 Å². The summed E-state index contributed by atoms with van der Waals surface area (Å²) in [6.45, 7) is 2.01. The molecule has 0 aliphatic heterocycles. The second-order valence-electron chi connectivity index (χ2n) is 12.2. The Morgan fingerprint density at radius 3 is 2.02 bits per heavy atom. The van der Waals surface area contributed by atoms with Crippen molar-refractivity contribution in [2.75, 3.05) is 0 Å². The summed E-state index contributed by atoms with van der Waals surface area (Å²) in [7, 11) is 0. The van der Waals surface area contributed by atoms with Crippen LogP contribution in [0.15, 0.2) is 154 Å². The third-order valence-corrected chi connectivity index (χ3v) is 9.25. The first kappa shape index (κ1) is 28.9. The Kier molecular flexibility index (Phi) is 7.09. The van der Waals surface area contributed by atoms with E-state index in [1.54, 1.807) is 0 Å². The summed E-state index contributed by atoms with van der Waals surface area (Å²) in [4.78, 5) is 15.2. The van der Waals surface area contributed by atoms with Crippen LogP contribution >= 0.6 is 0 Å². The molecule has 1 unspecified atom stereocenters. The Bertz CT molecular complexity index is 2590. The van der Waals surface area contributed by atoms with Crippen LogP contribution in [0.3, 0.4) is 0 Å². The largest absolute Gasteiger partial charge is 0.460 e. The van der Waals surface area contributed by atoms with Crippen molar-refractivity contribution in [3.63, 3.8) is 0 Å². The van der Waals surface area contributed by atoms with Crippen molar-refractivity contribution in [1.82, 2.24) is 15.0 Å². The molecule has 1 atom stereocenters. The predicted molar refractivity (Wildman–Crippen MR) is 198 cm³/mol. The van der Waals surface area contributed by atoms with Crippen LogP contribution in [0.5, 0.6) is 0 Å². The van der Waals surface area contributed by atoms with Crippen LogP contribution in [0.4, 0.5) is 0 Å². The third-order valence-electron chi connectivity index (χ3n) is 9.25. The fourth-order valence-corrected chi connectivity index (χ4v) is 6.91. The molecule has 5 heteroatoms. The van der Waals surface area contributed by atoms with Gasteiger partial charge in [-0.3, -0.25) is 0 Å². The van der Waals surface area contributed by atoms with E-state index >= 15 is 0 Å². The average molecular weight is 634 g/mol. The van der Waals surface area contributed by atoms with E-state index in [-0.39, 0.29) is 5.92 Å². The van der Waals surface area contributed by atoms with Gasteiger partial charge in [-0.05, 0) is 31.0 Å². The second kappa shape index (κ2) is 12.0. The number of nitrogens with zero attached hydrogens (tertiary/aromatic N) is 3. The molecular weight excluding hydrogens is 603 g/mol. The van der Waals surface area contributed by atoms with Crippen molar-refractivity contribution >= 4 is 44.6 Å². The quantitative estimate of drug-likeness (QED) is 0.170. The van der Waals surface area contributed by atoms with Crippen LogP contribution in [0.25, 0.3) is 67.3 Å². The summed E-state index contributed by atoms with van der Waals surface area (Å²) in [6, 6.07) is 41.3. The molecule has 0 N–H and O–H groups in total. The van der Waals surface area contributed by atoms with E-state index in [4.69, 9.17) is 23.8 Å². The highest BCUT2D eigenvalue weighted by molar-refractivity contribution is 6.06. The van der Waals surface area contributed by atoms with Gasteiger partial charge < -0.3 is 8.83 Å².